The van der Waals surface area contributed by atoms with E-state index in [4.69, 9.17) is 28.0 Å². The first-order valence-corrected chi connectivity index (χ1v) is 5.83. The van der Waals surface area contributed by atoms with Crippen LogP contribution in [-0.2, 0) is 4.84 Å². The summed E-state index contributed by atoms with van der Waals surface area (Å²) in [7, 11) is 0. The lowest BCUT2D eigenvalue weighted by Crippen LogP contribution is -2.50. The van der Waals surface area contributed by atoms with Crippen LogP contribution in [0, 0.1) is 5.92 Å². The summed E-state index contributed by atoms with van der Waals surface area (Å²) in [4.78, 5) is 7.23. The van der Waals surface area contributed by atoms with Gasteiger partial charge < -0.3 is 4.84 Å². The van der Waals surface area contributed by atoms with Crippen LogP contribution in [0.25, 0.3) is 0 Å². The van der Waals surface area contributed by atoms with E-state index in [-0.39, 0.29) is 6.10 Å². The minimum atomic E-state index is -0.573. The average Bonchev–Trinajstić information content (AvgIpc) is 2.19. The summed E-state index contributed by atoms with van der Waals surface area (Å²) < 4.78 is 0. The van der Waals surface area contributed by atoms with Gasteiger partial charge in [0.05, 0.1) is 6.21 Å². The van der Waals surface area contributed by atoms with Crippen LogP contribution in [0.2, 0.25) is 0 Å². The molecule has 1 unspecified atom stereocenters. The van der Waals surface area contributed by atoms with E-state index in [2.05, 4.69) is 10.1 Å². The first-order chi connectivity index (χ1) is 6.75. The Kier molecular flexibility index (Phi) is 3.52. The zero-order valence-electron chi connectivity index (χ0n) is 7.90. The van der Waals surface area contributed by atoms with E-state index >= 15 is 0 Å². The van der Waals surface area contributed by atoms with Gasteiger partial charge in [-0.25, -0.2) is 0 Å². The molecule has 0 saturated carbocycles. The van der Waals surface area contributed by atoms with Gasteiger partial charge in [0.15, 0.2) is 0 Å². The number of fused-ring (bicyclic) bond motifs is 3. The number of piperidine rings is 3. The Morgan fingerprint density at radius 1 is 1.36 bits per heavy atom. The van der Waals surface area contributed by atoms with Gasteiger partial charge in [-0.15, -0.1) is 0 Å². The normalized spacial score (nSPS) is 36.9. The second kappa shape index (κ2) is 4.69. The number of halogens is 2. The molecular weight excluding hydrogens is 223 g/mol. The monoisotopic (exact) mass is 236 g/mol. The van der Waals surface area contributed by atoms with Gasteiger partial charge >= 0.3 is 0 Å². The van der Waals surface area contributed by atoms with Crippen molar-refractivity contribution in [3.8, 4) is 0 Å². The highest BCUT2D eigenvalue weighted by Gasteiger charge is 2.35. The van der Waals surface area contributed by atoms with Gasteiger partial charge in [-0.05, 0) is 25.9 Å². The lowest BCUT2D eigenvalue weighted by Gasteiger charge is -2.42. The fourth-order valence-electron chi connectivity index (χ4n) is 2.19. The second-order valence-electron chi connectivity index (χ2n) is 3.87. The highest BCUT2D eigenvalue weighted by Crippen LogP contribution is 2.29. The van der Waals surface area contributed by atoms with E-state index in [9.17, 15) is 0 Å². The molecule has 3 rings (SSSR count). The second-order valence-corrected chi connectivity index (χ2v) is 5.03. The topological polar surface area (TPSA) is 24.8 Å². The lowest BCUT2D eigenvalue weighted by molar-refractivity contribution is -0.0676. The number of rotatable bonds is 3. The van der Waals surface area contributed by atoms with Crippen molar-refractivity contribution < 1.29 is 4.84 Å². The van der Waals surface area contributed by atoms with Crippen LogP contribution in [0.5, 0.6) is 0 Å². The minimum absolute atomic E-state index is 0.237. The van der Waals surface area contributed by atoms with E-state index in [1.165, 1.54) is 32.1 Å². The predicted molar refractivity (Wildman–Crippen MR) is 58.0 cm³/mol. The van der Waals surface area contributed by atoms with E-state index in [1.807, 2.05) is 0 Å². The number of hydrogen-bond donors (Lipinski definition) is 0. The first-order valence-electron chi connectivity index (χ1n) is 4.95. The van der Waals surface area contributed by atoms with Gasteiger partial charge in [-0.1, -0.05) is 28.4 Å². The largest absolute Gasteiger partial charge is 0.391 e. The lowest BCUT2D eigenvalue weighted by atomic mass is 9.86. The van der Waals surface area contributed by atoms with Crippen LogP contribution in [0.4, 0.5) is 0 Å². The molecule has 0 amide bonds. The third kappa shape index (κ3) is 2.53. The average molecular weight is 237 g/mol. The predicted octanol–water partition coefficient (Wildman–Crippen LogP) is 1.89. The van der Waals surface area contributed by atoms with Gasteiger partial charge in [0.1, 0.15) is 10.9 Å². The summed E-state index contributed by atoms with van der Waals surface area (Å²) in [6.45, 7) is 3.42. The Hall–Kier alpha value is 0.01000. The van der Waals surface area contributed by atoms with Crippen molar-refractivity contribution in [2.45, 2.75) is 23.8 Å². The number of oxime groups is 1. The Balaban J connectivity index is 1.81. The molecule has 3 heterocycles. The van der Waals surface area contributed by atoms with Gasteiger partial charge in [0.25, 0.3) is 0 Å². The highest BCUT2D eigenvalue weighted by atomic mass is 35.5. The molecule has 5 heteroatoms. The molecule has 0 radical (unpaired) electrons. The Morgan fingerprint density at radius 2 is 2.07 bits per heavy atom. The summed E-state index contributed by atoms with van der Waals surface area (Å²) in [5.41, 5.74) is 0. The highest BCUT2D eigenvalue weighted by molar-refractivity contribution is 6.51. The summed E-state index contributed by atoms with van der Waals surface area (Å²) in [5.74, 6) is 0.668. The molecule has 0 aromatic rings. The molecule has 3 aliphatic heterocycles. The molecule has 3 nitrogen and oxygen atoms in total. The molecule has 14 heavy (non-hydrogen) atoms. The van der Waals surface area contributed by atoms with E-state index in [0.717, 1.165) is 6.54 Å². The summed E-state index contributed by atoms with van der Waals surface area (Å²) in [6.07, 6.45) is 4.11. The van der Waals surface area contributed by atoms with E-state index in [1.54, 1.807) is 0 Å². The summed E-state index contributed by atoms with van der Waals surface area (Å²) in [6, 6.07) is 0. The van der Waals surface area contributed by atoms with Crippen LogP contribution in [-0.4, -0.2) is 41.7 Å². The van der Waals surface area contributed by atoms with Crippen molar-refractivity contribution in [1.29, 1.82) is 0 Å². The molecule has 3 saturated heterocycles. The number of alkyl halides is 2. The number of hydrogen-bond acceptors (Lipinski definition) is 3. The van der Waals surface area contributed by atoms with Crippen molar-refractivity contribution in [2.24, 2.45) is 11.1 Å². The van der Waals surface area contributed by atoms with Gasteiger partial charge in [-0.2, -0.15) is 0 Å². The van der Waals surface area contributed by atoms with Crippen molar-refractivity contribution in [1.82, 2.24) is 4.90 Å². The Morgan fingerprint density at radius 3 is 2.57 bits per heavy atom. The molecule has 3 aliphatic rings. The molecule has 1 atom stereocenters. The van der Waals surface area contributed by atoms with Crippen LogP contribution in [0.15, 0.2) is 5.16 Å². The fourth-order valence-corrected chi connectivity index (χ4v) is 2.28. The minimum Gasteiger partial charge on any atom is -0.391 e. The molecule has 2 bridgehead atoms. The van der Waals surface area contributed by atoms with Gasteiger partial charge in [0.2, 0.25) is 0 Å². The van der Waals surface area contributed by atoms with Crippen molar-refractivity contribution in [2.75, 3.05) is 19.6 Å². The maximum absolute atomic E-state index is 5.50. The molecule has 3 fully saturated rings. The third-order valence-electron chi connectivity index (χ3n) is 2.97. The maximum atomic E-state index is 5.50. The maximum Gasteiger partial charge on any atom is 0.146 e. The summed E-state index contributed by atoms with van der Waals surface area (Å²) >= 11 is 11.0. The van der Waals surface area contributed by atoms with E-state index < -0.39 is 4.84 Å². The standard InChI is InChI=1S/C9H14Cl2N2O/c10-9(11)5-12-14-8-6-13-3-1-7(8)2-4-13/h5,7-9H,1-4,6H2. The van der Waals surface area contributed by atoms with Crippen LogP contribution in [0.3, 0.4) is 0 Å². The van der Waals surface area contributed by atoms with Crippen molar-refractivity contribution in [3.05, 3.63) is 0 Å². The van der Waals surface area contributed by atoms with Gasteiger partial charge in [0, 0.05) is 12.5 Å². The van der Waals surface area contributed by atoms with Crippen LogP contribution >= 0.6 is 23.2 Å². The Bertz CT molecular complexity index is 215. The van der Waals surface area contributed by atoms with Crippen molar-refractivity contribution in [3.63, 3.8) is 0 Å². The molecule has 0 aromatic carbocycles. The van der Waals surface area contributed by atoms with Crippen molar-refractivity contribution >= 4 is 29.4 Å². The summed E-state index contributed by atoms with van der Waals surface area (Å²) in [5, 5.41) is 3.80. The number of nitrogens with zero attached hydrogens (tertiary/aromatic N) is 2. The first kappa shape index (κ1) is 10.5. The quantitative estimate of drug-likeness (QED) is 0.425. The molecule has 0 N–H and O–H groups in total. The zero-order valence-corrected chi connectivity index (χ0v) is 9.42. The molecular formula is C9H14Cl2N2O. The SMILES string of the molecule is ClC(Cl)C=NOC1CN2CCC1CC2. The van der Waals surface area contributed by atoms with Crippen LogP contribution in [0.1, 0.15) is 12.8 Å². The van der Waals surface area contributed by atoms with Gasteiger partial charge in [-0.3, -0.25) is 4.90 Å². The molecule has 0 aliphatic carbocycles. The third-order valence-corrected chi connectivity index (χ3v) is 3.19. The zero-order chi connectivity index (χ0) is 9.97. The fraction of sp³-hybridized carbons (Fsp3) is 0.889. The van der Waals surface area contributed by atoms with E-state index in [0.29, 0.717) is 5.92 Å². The molecule has 80 valence electrons. The van der Waals surface area contributed by atoms with Crippen LogP contribution < -0.4 is 0 Å². The smallest absolute Gasteiger partial charge is 0.146 e. The molecule has 0 aromatic heterocycles. The molecule has 0 spiro atoms. The Labute approximate surface area is 94.0 Å².